The lowest BCUT2D eigenvalue weighted by atomic mass is 9.71. The maximum absolute atomic E-state index is 6.09. The zero-order valence-electron chi connectivity index (χ0n) is 10.9. The zero-order valence-corrected chi connectivity index (χ0v) is 10.9. The van der Waals surface area contributed by atoms with Gasteiger partial charge in [-0.25, -0.2) is 0 Å². The van der Waals surface area contributed by atoms with Crippen LogP contribution in [-0.4, -0.2) is 25.8 Å². The molecule has 15 heavy (non-hydrogen) atoms. The maximum Gasteiger partial charge on any atom is 0.0806 e. The molecule has 0 spiro atoms. The molecule has 0 radical (unpaired) electrons. The molecule has 0 heterocycles. The van der Waals surface area contributed by atoms with Crippen LogP contribution in [0.5, 0.6) is 0 Å². The molecule has 0 unspecified atom stereocenters. The Labute approximate surface area is 94.8 Å². The second-order valence-electron chi connectivity index (χ2n) is 5.73. The van der Waals surface area contributed by atoms with E-state index >= 15 is 0 Å². The topological polar surface area (TPSA) is 21.3 Å². The molecule has 1 fully saturated rings. The maximum atomic E-state index is 6.09. The summed E-state index contributed by atoms with van der Waals surface area (Å²) in [6.07, 6.45) is 6.12. The first-order chi connectivity index (χ1) is 7.04. The van der Waals surface area contributed by atoms with Crippen molar-refractivity contribution >= 4 is 0 Å². The first-order valence-electron chi connectivity index (χ1n) is 6.32. The molecule has 1 aliphatic carbocycles. The molecule has 2 heteroatoms. The second-order valence-corrected chi connectivity index (χ2v) is 5.73. The Hall–Kier alpha value is -0.0800. The number of likely N-dealkylation sites (N-methyl/N-ethyl adjacent to an activating group) is 1. The zero-order chi connectivity index (χ0) is 11.4. The van der Waals surface area contributed by atoms with Crippen LogP contribution in [0.3, 0.4) is 0 Å². The Morgan fingerprint density at radius 3 is 2.20 bits per heavy atom. The highest BCUT2D eigenvalue weighted by molar-refractivity contribution is 4.91. The van der Waals surface area contributed by atoms with Crippen molar-refractivity contribution in [3.8, 4) is 0 Å². The van der Waals surface area contributed by atoms with E-state index in [4.69, 9.17) is 4.74 Å². The van der Waals surface area contributed by atoms with E-state index in [1.807, 2.05) is 7.05 Å². The predicted octanol–water partition coefficient (Wildman–Crippen LogP) is 2.97. The second kappa shape index (κ2) is 5.31. The summed E-state index contributed by atoms with van der Waals surface area (Å²) < 4.78 is 6.09. The fourth-order valence-corrected chi connectivity index (χ4v) is 2.40. The standard InChI is InChI=1S/C13H27NO/c1-5-10-15-13(11-14-4)8-6-12(2,3)7-9-13/h14H,5-11H2,1-4H3. The van der Waals surface area contributed by atoms with Gasteiger partial charge in [0.25, 0.3) is 0 Å². The van der Waals surface area contributed by atoms with Crippen LogP contribution < -0.4 is 5.32 Å². The molecule has 1 rings (SSSR count). The van der Waals surface area contributed by atoms with Gasteiger partial charge in [-0.15, -0.1) is 0 Å². The number of rotatable bonds is 5. The SMILES string of the molecule is CCCOC1(CNC)CCC(C)(C)CC1. The van der Waals surface area contributed by atoms with Crippen LogP contribution in [0.2, 0.25) is 0 Å². The first-order valence-corrected chi connectivity index (χ1v) is 6.32. The minimum absolute atomic E-state index is 0.125. The largest absolute Gasteiger partial charge is 0.374 e. The summed E-state index contributed by atoms with van der Waals surface area (Å²) in [5, 5.41) is 3.29. The molecule has 1 saturated carbocycles. The highest BCUT2D eigenvalue weighted by atomic mass is 16.5. The van der Waals surface area contributed by atoms with Gasteiger partial charge in [0.05, 0.1) is 5.60 Å². The molecule has 2 nitrogen and oxygen atoms in total. The van der Waals surface area contributed by atoms with Gasteiger partial charge in [-0.2, -0.15) is 0 Å². The molecule has 0 saturated heterocycles. The summed E-state index contributed by atoms with van der Waals surface area (Å²) in [5.41, 5.74) is 0.646. The molecule has 0 amide bonds. The molecule has 0 aliphatic heterocycles. The Morgan fingerprint density at radius 2 is 1.73 bits per heavy atom. The number of nitrogens with one attached hydrogen (secondary N) is 1. The van der Waals surface area contributed by atoms with E-state index in [-0.39, 0.29) is 5.60 Å². The average Bonchev–Trinajstić information content (AvgIpc) is 2.20. The fraction of sp³-hybridized carbons (Fsp3) is 1.00. The summed E-state index contributed by atoms with van der Waals surface area (Å²) >= 11 is 0. The summed E-state index contributed by atoms with van der Waals surface area (Å²) in [6.45, 7) is 8.83. The van der Waals surface area contributed by atoms with Gasteiger partial charge in [0.15, 0.2) is 0 Å². The van der Waals surface area contributed by atoms with Crippen molar-refractivity contribution in [1.29, 1.82) is 0 Å². The Balaban J connectivity index is 2.52. The third-order valence-electron chi connectivity index (χ3n) is 3.63. The van der Waals surface area contributed by atoms with Crippen molar-refractivity contribution in [3.05, 3.63) is 0 Å². The summed E-state index contributed by atoms with van der Waals surface area (Å²) in [5.74, 6) is 0. The van der Waals surface area contributed by atoms with E-state index in [9.17, 15) is 0 Å². The quantitative estimate of drug-likeness (QED) is 0.758. The van der Waals surface area contributed by atoms with Crippen LogP contribution in [0.4, 0.5) is 0 Å². The molecule has 0 aromatic rings. The van der Waals surface area contributed by atoms with Gasteiger partial charge in [-0.05, 0) is 44.6 Å². The highest BCUT2D eigenvalue weighted by Gasteiger charge is 2.38. The molecule has 1 N–H and O–H groups in total. The Morgan fingerprint density at radius 1 is 1.13 bits per heavy atom. The van der Waals surface area contributed by atoms with Crippen LogP contribution in [0.15, 0.2) is 0 Å². The van der Waals surface area contributed by atoms with Crippen LogP contribution >= 0.6 is 0 Å². The van der Waals surface area contributed by atoms with Crippen molar-refractivity contribution in [3.63, 3.8) is 0 Å². The lowest BCUT2D eigenvalue weighted by Gasteiger charge is -2.43. The van der Waals surface area contributed by atoms with Gasteiger partial charge in [-0.1, -0.05) is 20.8 Å². The molecule has 0 atom stereocenters. The van der Waals surface area contributed by atoms with Gasteiger partial charge >= 0.3 is 0 Å². The summed E-state index contributed by atoms with van der Waals surface area (Å²) in [7, 11) is 2.02. The van der Waals surface area contributed by atoms with E-state index < -0.39 is 0 Å². The average molecular weight is 213 g/mol. The molecule has 0 aromatic carbocycles. The van der Waals surface area contributed by atoms with Gasteiger partial charge in [0, 0.05) is 13.2 Å². The van der Waals surface area contributed by atoms with E-state index in [1.54, 1.807) is 0 Å². The van der Waals surface area contributed by atoms with Crippen molar-refractivity contribution in [2.45, 2.75) is 58.5 Å². The van der Waals surface area contributed by atoms with Crippen LogP contribution in [-0.2, 0) is 4.74 Å². The molecule has 0 aromatic heterocycles. The molecule has 0 bridgehead atoms. The molecular formula is C13H27NO. The van der Waals surface area contributed by atoms with Crippen LogP contribution in [0.25, 0.3) is 0 Å². The third kappa shape index (κ3) is 3.76. The Kier molecular flexibility index (Phi) is 4.60. The smallest absolute Gasteiger partial charge is 0.0806 e. The van der Waals surface area contributed by atoms with Gasteiger partial charge < -0.3 is 10.1 Å². The van der Waals surface area contributed by atoms with Crippen molar-refractivity contribution in [1.82, 2.24) is 5.32 Å². The van der Waals surface area contributed by atoms with E-state index in [2.05, 4.69) is 26.1 Å². The van der Waals surface area contributed by atoms with Gasteiger partial charge in [-0.3, -0.25) is 0 Å². The van der Waals surface area contributed by atoms with Crippen LogP contribution in [0, 0.1) is 5.41 Å². The first kappa shape index (κ1) is 13.0. The fourth-order valence-electron chi connectivity index (χ4n) is 2.40. The number of ether oxygens (including phenoxy) is 1. The van der Waals surface area contributed by atoms with E-state index in [0.717, 1.165) is 19.6 Å². The minimum Gasteiger partial charge on any atom is -0.374 e. The monoisotopic (exact) mass is 213 g/mol. The van der Waals surface area contributed by atoms with E-state index in [0.29, 0.717) is 5.41 Å². The van der Waals surface area contributed by atoms with Crippen LogP contribution in [0.1, 0.15) is 52.9 Å². The van der Waals surface area contributed by atoms with Crippen molar-refractivity contribution in [2.75, 3.05) is 20.2 Å². The van der Waals surface area contributed by atoms with Crippen molar-refractivity contribution < 1.29 is 4.74 Å². The van der Waals surface area contributed by atoms with Gasteiger partial charge in [0.1, 0.15) is 0 Å². The molecule has 90 valence electrons. The predicted molar refractivity (Wildman–Crippen MR) is 65.1 cm³/mol. The van der Waals surface area contributed by atoms with Crippen molar-refractivity contribution in [2.24, 2.45) is 5.41 Å². The molecule has 1 aliphatic rings. The van der Waals surface area contributed by atoms with E-state index in [1.165, 1.54) is 25.7 Å². The molecular weight excluding hydrogens is 186 g/mol. The lowest BCUT2D eigenvalue weighted by molar-refractivity contribution is -0.0848. The summed E-state index contributed by atoms with van der Waals surface area (Å²) in [6, 6.07) is 0. The summed E-state index contributed by atoms with van der Waals surface area (Å²) in [4.78, 5) is 0. The highest BCUT2D eigenvalue weighted by Crippen LogP contribution is 2.41. The Bertz CT molecular complexity index is 179. The number of hydrogen-bond donors (Lipinski definition) is 1. The number of hydrogen-bond acceptors (Lipinski definition) is 2. The minimum atomic E-state index is 0.125. The van der Waals surface area contributed by atoms with Gasteiger partial charge in [0.2, 0.25) is 0 Å². The third-order valence-corrected chi connectivity index (χ3v) is 3.63. The normalized spacial score (nSPS) is 24.0. The lowest BCUT2D eigenvalue weighted by Crippen LogP contribution is -2.46.